The van der Waals surface area contributed by atoms with Crippen molar-refractivity contribution in [3.63, 3.8) is 0 Å². The SMILES string of the molecule is [B]c1cc(C)c2ccc3c([B])cc(Br)c4ccc1c2c34. The third kappa shape index (κ3) is 1.44. The predicted octanol–water partition coefficient (Wildman–Crippen LogP) is 3.24. The van der Waals surface area contributed by atoms with E-state index in [1.807, 2.05) is 12.1 Å². The summed E-state index contributed by atoms with van der Waals surface area (Å²) in [5.74, 6) is 0. The van der Waals surface area contributed by atoms with Crippen LogP contribution in [0.2, 0.25) is 0 Å². The first-order valence-corrected chi connectivity index (χ1v) is 7.29. The standard InChI is InChI=1S/C17H9B2Br/c1-8-6-13(18)10-4-5-12-15(20)7-14(19)11-3-2-9(8)16(10)17(11)12/h2-7H,1H3. The van der Waals surface area contributed by atoms with Gasteiger partial charge in [-0.05, 0) is 44.8 Å². The van der Waals surface area contributed by atoms with E-state index in [1.165, 1.54) is 27.1 Å². The molecular weight excluding hydrogens is 306 g/mol. The van der Waals surface area contributed by atoms with Crippen LogP contribution in [0.25, 0.3) is 32.3 Å². The molecule has 3 heteroatoms. The molecule has 0 atom stereocenters. The van der Waals surface area contributed by atoms with Gasteiger partial charge in [0.2, 0.25) is 0 Å². The molecule has 0 saturated heterocycles. The first kappa shape index (κ1) is 12.3. The number of benzene rings is 4. The van der Waals surface area contributed by atoms with Crippen molar-refractivity contribution in [3.05, 3.63) is 46.4 Å². The molecule has 0 amide bonds. The van der Waals surface area contributed by atoms with Gasteiger partial charge in [-0.3, -0.25) is 0 Å². The minimum atomic E-state index is 0.791. The number of rotatable bonds is 0. The van der Waals surface area contributed by atoms with Crippen LogP contribution in [0.4, 0.5) is 0 Å². The van der Waals surface area contributed by atoms with Gasteiger partial charge in [0, 0.05) is 4.47 Å². The second-order valence-corrected chi connectivity index (χ2v) is 6.16. The molecule has 0 heterocycles. The second-order valence-electron chi connectivity index (χ2n) is 5.30. The summed E-state index contributed by atoms with van der Waals surface area (Å²) in [6.45, 7) is 2.10. The Kier molecular flexibility index (Phi) is 2.47. The third-order valence-corrected chi connectivity index (χ3v) is 4.78. The van der Waals surface area contributed by atoms with Crippen molar-refractivity contribution in [2.24, 2.45) is 0 Å². The van der Waals surface area contributed by atoms with Crippen molar-refractivity contribution < 1.29 is 0 Å². The molecule has 0 aliphatic carbocycles. The quantitative estimate of drug-likeness (QED) is 0.345. The third-order valence-electron chi connectivity index (χ3n) is 4.12. The summed E-state index contributed by atoms with van der Waals surface area (Å²) in [6, 6.07) is 12.5. The molecule has 4 rings (SSSR count). The molecule has 90 valence electrons. The largest absolute Gasteiger partial charge is 0.114 e. The van der Waals surface area contributed by atoms with Crippen LogP contribution < -0.4 is 10.9 Å². The molecule has 4 radical (unpaired) electrons. The molecule has 0 saturated carbocycles. The lowest BCUT2D eigenvalue weighted by atomic mass is 9.80. The van der Waals surface area contributed by atoms with Crippen LogP contribution in [0.15, 0.2) is 40.9 Å². The van der Waals surface area contributed by atoms with Gasteiger partial charge in [-0.25, -0.2) is 0 Å². The van der Waals surface area contributed by atoms with E-state index >= 15 is 0 Å². The second kappa shape index (κ2) is 4.02. The average molecular weight is 315 g/mol. The van der Waals surface area contributed by atoms with Crippen molar-refractivity contribution in [3.8, 4) is 0 Å². The summed E-state index contributed by atoms with van der Waals surface area (Å²) in [5, 5.41) is 7.02. The van der Waals surface area contributed by atoms with Gasteiger partial charge >= 0.3 is 0 Å². The van der Waals surface area contributed by atoms with E-state index in [0.29, 0.717) is 0 Å². The molecule has 20 heavy (non-hydrogen) atoms. The molecule has 0 aliphatic heterocycles. The number of hydrogen-bond acceptors (Lipinski definition) is 0. The molecular formula is C17H9B2Br. The van der Waals surface area contributed by atoms with Crippen LogP contribution in [0.5, 0.6) is 0 Å². The fourth-order valence-electron chi connectivity index (χ4n) is 3.19. The minimum absolute atomic E-state index is 0.791. The Hall–Kier alpha value is -1.47. The Morgan fingerprint density at radius 2 is 1.25 bits per heavy atom. The van der Waals surface area contributed by atoms with Crippen LogP contribution >= 0.6 is 15.9 Å². The van der Waals surface area contributed by atoms with Crippen molar-refractivity contribution in [1.82, 2.24) is 0 Å². The zero-order valence-electron chi connectivity index (χ0n) is 11.0. The van der Waals surface area contributed by atoms with Gasteiger partial charge in [0.05, 0.1) is 0 Å². The molecule has 0 unspecified atom stereocenters. The van der Waals surface area contributed by atoms with Crippen molar-refractivity contribution in [2.45, 2.75) is 6.92 Å². The monoisotopic (exact) mass is 314 g/mol. The van der Waals surface area contributed by atoms with E-state index in [2.05, 4.69) is 47.1 Å². The van der Waals surface area contributed by atoms with Crippen LogP contribution in [0.1, 0.15) is 5.56 Å². The van der Waals surface area contributed by atoms with E-state index < -0.39 is 0 Å². The highest BCUT2D eigenvalue weighted by Crippen LogP contribution is 2.37. The van der Waals surface area contributed by atoms with Crippen LogP contribution in [0.3, 0.4) is 0 Å². The molecule has 0 fully saturated rings. The molecule has 0 N–H and O–H groups in total. The maximum Gasteiger partial charge on any atom is 0.114 e. The zero-order chi connectivity index (χ0) is 14.0. The molecule has 0 bridgehead atoms. The van der Waals surface area contributed by atoms with Gasteiger partial charge in [-0.2, -0.15) is 0 Å². The fraction of sp³-hybridized carbons (Fsp3) is 0.0588. The molecule has 0 aromatic heterocycles. The fourth-order valence-corrected chi connectivity index (χ4v) is 3.76. The van der Waals surface area contributed by atoms with Crippen molar-refractivity contribution in [1.29, 1.82) is 0 Å². The Morgan fingerprint density at radius 1 is 0.750 bits per heavy atom. The number of aryl methyl sites for hydroxylation is 1. The summed E-state index contributed by atoms with van der Waals surface area (Å²) < 4.78 is 1.02. The number of hydrogen-bond donors (Lipinski definition) is 0. The number of halogens is 1. The van der Waals surface area contributed by atoms with Gasteiger partial charge in [-0.15, -0.1) is 0 Å². The zero-order valence-corrected chi connectivity index (χ0v) is 12.6. The molecule has 0 aliphatic rings. The molecule has 0 nitrogen and oxygen atoms in total. The van der Waals surface area contributed by atoms with Gasteiger partial charge in [-0.1, -0.05) is 63.3 Å². The summed E-state index contributed by atoms with van der Waals surface area (Å²) in [4.78, 5) is 0. The van der Waals surface area contributed by atoms with E-state index in [9.17, 15) is 0 Å². The summed E-state index contributed by atoms with van der Waals surface area (Å²) in [5.41, 5.74) is 2.81. The Morgan fingerprint density at radius 3 is 1.95 bits per heavy atom. The summed E-state index contributed by atoms with van der Waals surface area (Å²) >= 11 is 3.62. The predicted molar refractivity (Wildman–Crippen MR) is 93.4 cm³/mol. The average Bonchev–Trinajstić information content (AvgIpc) is 2.42. The molecule has 4 aromatic rings. The van der Waals surface area contributed by atoms with Crippen molar-refractivity contribution in [2.75, 3.05) is 0 Å². The summed E-state index contributed by atoms with van der Waals surface area (Å²) in [7, 11) is 12.4. The van der Waals surface area contributed by atoms with E-state index in [-0.39, 0.29) is 0 Å². The molecule has 0 spiro atoms. The normalized spacial score (nSPS) is 11.9. The van der Waals surface area contributed by atoms with Gasteiger partial charge in [0.15, 0.2) is 0 Å². The van der Waals surface area contributed by atoms with Crippen LogP contribution in [-0.2, 0) is 0 Å². The highest BCUT2D eigenvalue weighted by molar-refractivity contribution is 9.10. The first-order valence-electron chi connectivity index (χ1n) is 6.49. The topological polar surface area (TPSA) is 0 Å². The van der Waals surface area contributed by atoms with Gasteiger partial charge in [0.25, 0.3) is 0 Å². The van der Waals surface area contributed by atoms with E-state index in [4.69, 9.17) is 15.7 Å². The Balaban J connectivity index is 2.47. The van der Waals surface area contributed by atoms with E-state index in [1.54, 1.807) is 0 Å². The maximum atomic E-state index is 6.20. The highest BCUT2D eigenvalue weighted by Gasteiger charge is 2.13. The maximum absolute atomic E-state index is 6.20. The smallest absolute Gasteiger partial charge is 0.0887 e. The molecule has 4 aromatic carbocycles. The Labute approximate surface area is 128 Å². The van der Waals surface area contributed by atoms with Crippen LogP contribution in [0, 0.1) is 6.92 Å². The lowest BCUT2D eigenvalue weighted by Gasteiger charge is -2.17. The summed E-state index contributed by atoms with van der Waals surface area (Å²) in [6.07, 6.45) is 0. The lowest BCUT2D eigenvalue weighted by molar-refractivity contribution is 1.56. The van der Waals surface area contributed by atoms with Gasteiger partial charge < -0.3 is 0 Å². The van der Waals surface area contributed by atoms with E-state index in [0.717, 1.165) is 26.2 Å². The van der Waals surface area contributed by atoms with Crippen molar-refractivity contribution >= 4 is 74.9 Å². The lowest BCUT2D eigenvalue weighted by Crippen LogP contribution is -2.09. The first-order chi connectivity index (χ1) is 9.58. The van der Waals surface area contributed by atoms with Gasteiger partial charge in [0.1, 0.15) is 15.7 Å². The minimum Gasteiger partial charge on any atom is -0.0887 e. The Bertz CT molecular complexity index is 835. The highest BCUT2D eigenvalue weighted by atomic mass is 79.9. The van der Waals surface area contributed by atoms with Crippen LogP contribution in [-0.4, -0.2) is 15.7 Å².